The molecule has 0 aliphatic carbocycles. The standard InChI is InChI=1S/C23H15N3O7/c27-20-17(10-15-5-2-8-25(15)14-4-1-3-13(9-14)22(29)30)21(28)26(23(31)24-20)16-6-7-18-19(11-16)33-12-32-18/h1-11H,12H2,(H,29,30)(H,24,27,31)/b17-10+. The summed E-state index contributed by atoms with van der Waals surface area (Å²) in [5, 5.41) is 11.4. The summed E-state index contributed by atoms with van der Waals surface area (Å²) in [6.07, 6.45) is 3.01. The van der Waals surface area contributed by atoms with Gasteiger partial charge in [-0.1, -0.05) is 6.07 Å². The Labute approximate surface area is 186 Å². The van der Waals surface area contributed by atoms with Crippen molar-refractivity contribution in [1.82, 2.24) is 9.88 Å². The lowest BCUT2D eigenvalue weighted by atomic mass is 10.1. The summed E-state index contributed by atoms with van der Waals surface area (Å²) in [5.74, 6) is -1.87. The van der Waals surface area contributed by atoms with E-state index in [1.807, 2.05) is 0 Å². The molecule has 2 aliphatic rings. The van der Waals surface area contributed by atoms with Crippen LogP contribution in [0.25, 0.3) is 11.8 Å². The molecule has 2 aromatic carbocycles. The van der Waals surface area contributed by atoms with Crippen LogP contribution >= 0.6 is 0 Å². The maximum Gasteiger partial charge on any atom is 0.335 e. The molecule has 10 heteroatoms. The average molecular weight is 445 g/mol. The number of amides is 4. The zero-order valence-electron chi connectivity index (χ0n) is 16.8. The number of carbonyl (C=O) groups excluding carboxylic acids is 3. The van der Waals surface area contributed by atoms with Gasteiger partial charge in [-0.15, -0.1) is 0 Å². The predicted molar refractivity (Wildman–Crippen MR) is 114 cm³/mol. The lowest BCUT2D eigenvalue weighted by Gasteiger charge is -2.26. The lowest BCUT2D eigenvalue weighted by molar-refractivity contribution is -0.122. The summed E-state index contributed by atoms with van der Waals surface area (Å²) in [5.41, 5.74) is 1.01. The number of barbiturate groups is 1. The Bertz CT molecular complexity index is 1370. The fraction of sp³-hybridized carbons (Fsp3) is 0.0435. The number of nitrogens with one attached hydrogen (secondary N) is 1. The van der Waals surface area contributed by atoms with Gasteiger partial charge in [-0.25, -0.2) is 14.5 Å². The monoisotopic (exact) mass is 445 g/mol. The molecule has 1 saturated heterocycles. The van der Waals surface area contributed by atoms with E-state index in [-0.39, 0.29) is 23.6 Å². The average Bonchev–Trinajstić information content (AvgIpc) is 3.45. The van der Waals surface area contributed by atoms with E-state index in [0.717, 1.165) is 4.90 Å². The van der Waals surface area contributed by atoms with Crippen molar-refractivity contribution in [3.05, 3.63) is 77.6 Å². The van der Waals surface area contributed by atoms with Crippen molar-refractivity contribution >= 4 is 35.6 Å². The Morgan fingerprint density at radius 3 is 2.61 bits per heavy atom. The molecule has 4 amide bonds. The highest BCUT2D eigenvalue weighted by molar-refractivity contribution is 6.39. The first-order valence-electron chi connectivity index (χ1n) is 9.74. The molecule has 0 bridgehead atoms. The van der Waals surface area contributed by atoms with Crippen LogP contribution in [0.4, 0.5) is 10.5 Å². The zero-order valence-corrected chi connectivity index (χ0v) is 16.8. The number of carbonyl (C=O) groups is 4. The van der Waals surface area contributed by atoms with Gasteiger partial charge in [0.2, 0.25) is 6.79 Å². The van der Waals surface area contributed by atoms with Crippen molar-refractivity contribution in [3.63, 3.8) is 0 Å². The van der Waals surface area contributed by atoms with Crippen LogP contribution in [0.5, 0.6) is 11.5 Å². The molecule has 0 saturated carbocycles. The molecular formula is C23H15N3O7. The second-order valence-electron chi connectivity index (χ2n) is 7.15. The Morgan fingerprint density at radius 2 is 1.79 bits per heavy atom. The van der Waals surface area contributed by atoms with Crippen LogP contribution in [0.1, 0.15) is 16.1 Å². The van der Waals surface area contributed by atoms with Gasteiger partial charge in [0.05, 0.1) is 11.3 Å². The topological polar surface area (TPSA) is 127 Å². The number of ether oxygens (including phenoxy) is 2. The van der Waals surface area contributed by atoms with E-state index in [1.54, 1.807) is 41.1 Å². The molecule has 10 nitrogen and oxygen atoms in total. The number of imide groups is 2. The molecule has 0 spiro atoms. The number of urea groups is 1. The molecule has 3 heterocycles. The second kappa shape index (κ2) is 7.68. The number of hydrogen-bond acceptors (Lipinski definition) is 6. The van der Waals surface area contributed by atoms with Crippen molar-refractivity contribution in [3.8, 4) is 17.2 Å². The van der Waals surface area contributed by atoms with Crippen LogP contribution in [0.15, 0.2) is 66.4 Å². The van der Waals surface area contributed by atoms with Gasteiger partial charge < -0.3 is 19.1 Å². The molecule has 3 aromatic rings. The van der Waals surface area contributed by atoms with E-state index in [2.05, 4.69) is 5.32 Å². The molecule has 0 radical (unpaired) electrons. The Morgan fingerprint density at radius 1 is 0.970 bits per heavy atom. The van der Waals surface area contributed by atoms with Gasteiger partial charge in [0, 0.05) is 23.6 Å². The summed E-state index contributed by atoms with van der Waals surface area (Å²) in [6.45, 7) is 0.0304. The van der Waals surface area contributed by atoms with Crippen LogP contribution in [0, 0.1) is 0 Å². The molecule has 0 unspecified atom stereocenters. The van der Waals surface area contributed by atoms with Gasteiger partial charge in [-0.3, -0.25) is 14.9 Å². The van der Waals surface area contributed by atoms with Gasteiger partial charge in [-0.05, 0) is 48.5 Å². The van der Waals surface area contributed by atoms with E-state index in [1.165, 1.54) is 30.3 Å². The number of nitrogens with zero attached hydrogens (tertiary/aromatic N) is 2. The van der Waals surface area contributed by atoms with Crippen molar-refractivity contribution in [2.75, 3.05) is 11.7 Å². The highest BCUT2D eigenvalue weighted by Crippen LogP contribution is 2.36. The minimum atomic E-state index is -1.08. The van der Waals surface area contributed by atoms with Crippen molar-refractivity contribution < 1.29 is 33.8 Å². The highest BCUT2D eigenvalue weighted by Gasteiger charge is 2.37. The third kappa shape index (κ3) is 3.49. The zero-order chi connectivity index (χ0) is 23.1. The maximum atomic E-state index is 13.2. The van der Waals surface area contributed by atoms with Gasteiger partial charge >= 0.3 is 12.0 Å². The number of carboxylic acid groups (broad SMARTS) is 1. The van der Waals surface area contributed by atoms with E-state index >= 15 is 0 Å². The number of aromatic carboxylic acids is 1. The first kappa shape index (κ1) is 20.1. The molecule has 1 aromatic heterocycles. The van der Waals surface area contributed by atoms with Crippen LogP contribution in [0.3, 0.4) is 0 Å². The fourth-order valence-corrected chi connectivity index (χ4v) is 3.60. The Kier molecular flexibility index (Phi) is 4.67. The first-order valence-corrected chi connectivity index (χ1v) is 9.74. The van der Waals surface area contributed by atoms with E-state index in [0.29, 0.717) is 22.9 Å². The number of rotatable bonds is 4. The van der Waals surface area contributed by atoms with E-state index in [4.69, 9.17) is 9.47 Å². The molecule has 2 aliphatic heterocycles. The third-order valence-corrected chi connectivity index (χ3v) is 5.16. The van der Waals surface area contributed by atoms with Crippen LogP contribution in [-0.2, 0) is 9.59 Å². The maximum absolute atomic E-state index is 13.2. The number of aromatic nitrogens is 1. The van der Waals surface area contributed by atoms with Crippen molar-refractivity contribution in [2.45, 2.75) is 0 Å². The molecule has 5 rings (SSSR count). The smallest absolute Gasteiger partial charge is 0.335 e. The number of benzene rings is 2. The summed E-state index contributed by atoms with van der Waals surface area (Å²) < 4.78 is 12.2. The summed E-state index contributed by atoms with van der Waals surface area (Å²) in [4.78, 5) is 50.3. The normalized spacial score (nSPS) is 16.3. The predicted octanol–water partition coefficient (Wildman–Crippen LogP) is 2.57. The van der Waals surface area contributed by atoms with E-state index in [9.17, 15) is 24.3 Å². The van der Waals surface area contributed by atoms with Crippen molar-refractivity contribution in [2.24, 2.45) is 0 Å². The molecule has 0 atom stereocenters. The first-order chi connectivity index (χ1) is 15.9. The highest BCUT2D eigenvalue weighted by atomic mass is 16.7. The molecule has 164 valence electrons. The largest absolute Gasteiger partial charge is 0.478 e. The second-order valence-corrected chi connectivity index (χ2v) is 7.15. The number of anilines is 1. The van der Waals surface area contributed by atoms with Gasteiger partial charge in [0.15, 0.2) is 11.5 Å². The number of carboxylic acids is 1. The number of fused-ring (bicyclic) bond motifs is 1. The summed E-state index contributed by atoms with van der Waals surface area (Å²) >= 11 is 0. The Hall–Kier alpha value is -4.86. The van der Waals surface area contributed by atoms with Gasteiger partial charge in [0.25, 0.3) is 11.8 Å². The number of hydrogen-bond donors (Lipinski definition) is 2. The lowest BCUT2D eigenvalue weighted by Crippen LogP contribution is -2.54. The summed E-state index contributed by atoms with van der Waals surface area (Å²) in [7, 11) is 0. The Balaban J connectivity index is 1.53. The van der Waals surface area contributed by atoms with E-state index < -0.39 is 23.8 Å². The van der Waals surface area contributed by atoms with Crippen molar-refractivity contribution in [1.29, 1.82) is 0 Å². The molecule has 2 N–H and O–H groups in total. The minimum absolute atomic E-state index is 0.0304. The van der Waals surface area contributed by atoms with Crippen LogP contribution < -0.4 is 19.7 Å². The SMILES string of the molecule is O=C1NC(=O)N(c2ccc3c(c2)OCO3)C(=O)/C1=C/c1cccn1-c1cccc(C(=O)O)c1. The minimum Gasteiger partial charge on any atom is -0.478 e. The third-order valence-electron chi connectivity index (χ3n) is 5.16. The molecule has 33 heavy (non-hydrogen) atoms. The quantitative estimate of drug-likeness (QED) is 0.467. The van der Waals surface area contributed by atoms with Crippen LogP contribution in [0.2, 0.25) is 0 Å². The molecule has 1 fully saturated rings. The molecular weight excluding hydrogens is 430 g/mol. The van der Waals surface area contributed by atoms with Gasteiger partial charge in [0.1, 0.15) is 5.57 Å². The fourth-order valence-electron chi connectivity index (χ4n) is 3.60. The summed E-state index contributed by atoms with van der Waals surface area (Å²) in [6, 6.07) is 13.2. The van der Waals surface area contributed by atoms with Crippen LogP contribution in [-0.4, -0.2) is 40.3 Å². The van der Waals surface area contributed by atoms with Gasteiger partial charge in [-0.2, -0.15) is 0 Å².